The maximum Gasteiger partial charge on any atom is 0.310 e. The van der Waals surface area contributed by atoms with Crippen LogP contribution < -0.4 is 10.6 Å². The predicted octanol–water partition coefficient (Wildman–Crippen LogP) is 3.30. The monoisotopic (exact) mass is 504 g/mol. The number of hydrogen-bond acceptors (Lipinski definition) is 8. The molecule has 1 saturated heterocycles. The van der Waals surface area contributed by atoms with Crippen molar-refractivity contribution >= 4 is 40.5 Å². The number of rotatable bonds is 6. The van der Waals surface area contributed by atoms with E-state index in [1.807, 2.05) is 22.2 Å². The fourth-order valence-corrected chi connectivity index (χ4v) is 6.36. The first-order chi connectivity index (χ1) is 16.2. The summed E-state index contributed by atoms with van der Waals surface area (Å²) >= 11 is 2.85. The van der Waals surface area contributed by atoms with Gasteiger partial charge in [-0.25, -0.2) is 4.98 Å². The fourth-order valence-electron chi connectivity index (χ4n) is 4.98. The third-order valence-electron chi connectivity index (χ3n) is 6.42. The van der Waals surface area contributed by atoms with Gasteiger partial charge >= 0.3 is 5.97 Å². The molecule has 2 N–H and O–H groups in total. The molecule has 184 valence electrons. The van der Waals surface area contributed by atoms with Crippen LogP contribution in [0.3, 0.4) is 0 Å². The molecule has 0 spiro atoms. The van der Waals surface area contributed by atoms with Crippen molar-refractivity contribution in [2.24, 2.45) is 5.92 Å². The molecule has 10 heteroatoms. The number of nitrogens with one attached hydrogen (secondary N) is 2. The molecule has 4 atom stereocenters. The number of thiophene rings is 1. The lowest BCUT2D eigenvalue weighted by Crippen LogP contribution is -2.55. The Morgan fingerprint density at radius 1 is 1.21 bits per heavy atom. The molecule has 2 aliphatic rings. The van der Waals surface area contributed by atoms with Crippen LogP contribution in [0.2, 0.25) is 0 Å². The lowest BCUT2D eigenvalue weighted by molar-refractivity contribution is -0.151. The Morgan fingerprint density at radius 3 is 2.68 bits per heavy atom. The van der Waals surface area contributed by atoms with Crippen molar-refractivity contribution in [2.75, 3.05) is 13.7 Å². The van der Waals surface area contributed by atoms with E-state index in [-0.39, 0.29) is 41.3 Å². The smallest absolute Gasteiger partial charge is 0.310 e. The first kappa shape index (κ1) is 24.8. The summed E-state index contributed by atoms with van der Waals surface area (Å²) in [4.78, 5) is 44.9. The van der Waals surface area contributed by atoms with Gasteiger partial charge in [0.05, 0.1) is 18.7 Å². The molecule has 1 aliphatic heterocycles. The predicted molar refractivity (Wildman–Crippen MR) is 133 cm³/mol. The Kier molecular flexibility index (Phi) is 7.39. The fraction of sp³-hybridized carbons (Fsp3) is 0.583. The summed E-state index contributed by atoms with van der Waals surface area (Å²) in [5.74, 6) is -1.14. The minimum atomic E-state index is -0.607. The lowest BCUT2D eigenvalue weighted by Gasteiger charge is -2.41. The molecule has 2 amide bonds. The van der Waals surface area contributed by atoms with E-state index in [1.165, 1.54) is 18.4 Å². The van der Waals surface area contributed by atoms with Crippen LogP contribution >= 0.6 is 22.7 Å². The Labute approximate surface area is 208 Å². The summed E-state index contributed by atoms with van der Waals surface area (Å²) in [5.41, 5.74) is 1.68. The van der Waals surface area contributed by atoms with Gasteiger partial charge in [0.25, 0.3) is 5.91 Å². The summed E-state index contributed by atoms with van der Waals surface area (Å²) in [5, 5.41) is 12.6. The van der Waals surface area contributed by atoms with Crippen LogP contribution in [0, 0.1) is 5.92 Å². The SMILES string of the molecule is COC(=O)[C@@H]1C[C@H](NC(C)(C)C)CC[C@@H]1N1CCC(NC(=O)c2nc(-c3ccsc3)cs2)C1=O. The molecule has 0 radical (unpaired) electrons. The van der Waals surface area contributed by atoms with Crippen molar-refractivity contribution in [2.45, 2.75) is 70.1 Å². The molecule has 8 nitrogen and oxygen atoms in total. The van der Waals surface area contributed by atoms with Crippen LogP contribution in [0.4, 0.5) is 0 Å². The highest BCUT2D eigenvalue weighted by Gasteiger charge is 2.45. The highest BCUT2D eigenvalue weighted by molar-refractivity contribution is 7.12. The van der Waals surface area contributed by atoms with E-state index >= 15 is 0 Å². The topological polar surface area (TPSA) is 101 Å². The summed E-state index contributed by atoms with van der Waals surface area (Å²) in [7, 11) is 1.40. The van der Waals surface area contributed by atoms with Crippen molar-refractivity contribution in [1.29, 1.82) is 0 Å². The van der Waals surface area contributed by atoms with Gasteiger partial charge in [-0.2, -0.15) is 11.3 Å². The van der Waals surface area contributed by atoms with Gasteiger partial charge in [0.1, 0.15) is 6.04 Å². The largest absolute Gasteiger partial charge is 0.469 e. The maximum atomic E-state index is 13.3. The number of esters is 1. The molecule has 2 fully saturated rings. The van der Waals surface area contributed by atoms with Gasteiger partial charge in [-0.3, -0.25) is 14.4 Å². The van der Waals surface area contributed by atoms with E-state index in [2.05, 4.69) is 36.4 Å². The summed E-state index contributed by atoms with van der Waals surface area (Å²) in [6.45, 7) is 6.83. The van der Waals surface area contributed by atoms with Gasteiger partial charge in [-0.1, -0.05) is 0 Å². The lowest BCUT2D eigenvalue weighted by atomic mass is 9.80. The number of ether oxygens (including phenoxy) is 1. The van der Waals surface area contributed by atoms with Crippen molar-refractivity contribution < 1.29 is 19.1 Å². The van der Waals surface area contributed by atoms with E-state index in [1.54, 1.807) is 16.2 Å². The summed E-state index contributed by atoms with van der Waals surface area (Å²) in [6.07, 6.45) is 2.73. The quantitative estimate of drug-likeness (QED) is 0.586. The Balaban J connectivity index is 1.40. The third-order valence-corrected chi connectivity index (χ3v) is 7.94. The highest BCUT2D eigenvalue weighted by atomic mass is 32.1. The van der Waals surface area contributed by atoms with Gasteiger partial charge in [-0.05, 0) is 57.9 Å². The molecule has 1 saturated carbocycles. The molecule has 2 aromatic heterocycles. The summed E-state index contributed by atoms with van der Waals surface area (Å²) in [6, 6.07) is 1.33. The molecular formula is C24H32N4O4S2. The standard InChI is InChI=1S/C24H32N4O4S2/c1-24(2,3)27-15-5-6-19(16(11-15)23(31)32-4)28-9-7-17(22(28)30)25-20(29)21-26-18(13-34-21)14-8-10-33-12-14/h8,10,12-13,15-17,19,27H,5-7,9,11H2,1-4H3,(H,25,29)/t15-,16-,17?,19+/m1/s1. The minimum absolute atomic E-state index is 0.0594. The second-order valence-electron chi connectivity index (χ2n) is 10.00. The molecule has 34 heavy (non-hydrogen) atoms. The maximum absolute atomic E-state index is 13.3. The zero-order valence-electron chi connectivity index (χ0n) is 20.0. The summed E-state index contributed by atoms with van der Waals surface area (Å²) < 4.78 is 5.09. The van der Waals surface area contributed by atoms with Crippen LogP contribution in [-0.2, 0) is 14.3 Å². The molecule has 1 unspecified atom stereocenters. The molecule has 0 bridgehead atoms. The van der Waals surface area contributed by atoms with Gasteiger partial charge in [0, 0.05) is 40.5 Å². The molecule has 0 aromatic carbocycles. The van der Waals surface area contributed by atoms with Crippen LogP contribution in [-0.4, -0.2) is 65.0 Å². The van der Waals surface area contributed by atoms with E-state index in [9.17, 15) is 14.4 Å². The number of nitrogens with zero attached hydrogens (tertiary/aromatic N) is 2. The Bertz CT molecular complexity index is 1030. The second kappa shape index (κ2) is 10.1. The number of aromatic nitrogens is 1. The number of amides is 2. The van der Waals surface area contributed by atoms with Crippen LogP contribution in [0.1, 0.15) is 56.3 Å². The normalized spacial score (nSPS) is 25.4. The zero-order valence-corrected chi connectivity index (χ0v) is 21.6. The molecule has 2 aromatic rings. The van der Waals surface area contributed by atoms with E-state index in [0.717, 1.165) is 24.1 Å². The Morgan fingerprint density at radius 2 is 2.00 bits per heavy atom. The van der Waals surface area contributed by atoms with Gasteiger partial charge in [0.15, 0.2) is 5.01 Å². The second-order valence-corrected chi connectivity index (χ2v) is 11.6. The number of methoxy groups -OCH3 is 1. The van der Waals surface area contributed by atoms with Crippen molar-refractivity contribution in [3.05, 3.63) is 27.2 Å². The number of likely N-dealkylation sites (tertiary alicyclic amines) is 1. The minimum Gasteiger partial charge on any atom is -0.469 e. The van der Waals surface area contributed by atoms with Crippen LogP contribution in [0.15, 0.2) is 22.2 Å². The number of hydrogen-bond donors (Lipinski definition) is 2. The van der Waals surface area contributed by atoms with Crippen LogP contribution in [0.25, 0.3) is 11.3 Å². The van der Waals surface area contributed by atoms with E-state index in [4.69, 9.17) is 4.74 Å². The van der Waals surface area contributed by atoms with Gasteiger partial charge < -0.3 is 20.3 Å². The number of carbonyl (C=O) groups is 3. The Hall–Kier alpha value is -2.30. The first-order valence-electron chi connectivity index (χ1n) is 11.6. The highest BCUT2D eigenvalue weighted by Crippen LogP contribution is 2.33. The van der Waals surface area contributed by atoms with Crippen molar-refractivity contribution in [3.63, 3.8) is 0 Å². The van der Waals surface area contributed by atoms with Gasteiger partial charge in [-0.15, -0.1) is 11.3 Å². The average molecular weight is 505 g/mol. The van der Waals surface area contributed by atoms with Gasteiger partial charge in [0.2, 0.25) is 5.91 Å². The van der Waals surface area contributed by atoms with Crippen LogP contribution in [0.5, 0.6) is 0 Å². The van der Waals surface area contributed by atoms with Crippen molar-refractivity contribution in [1.82, 2.24) is 20.5 Å². The zero-order chi connectivity index (χ0) is 24.5. The number of carbonyl (C=O) groups excluding carboxylic acids is 3. The van der Waals surface area contributed by atoms with E-state index < -0.39 is 6.04 Å². The van der Waals surface area contributed by atoms with Crippen molar-refractivity contribution in [3.8, 4) is 11.3 Å². The third kappa shape index (κ3) is 5.50. The first-order valence-corrected chi connectivity index (χ1v) is 13.4. The number of thiazole rings is 1. The molecule has 3 heterocycles. The molecular weight excluding hydrogens is 472 g/mol. The average Bonchev–Trinajstić information content (AvgIpc) is 3.54. The molecule has 4 rings (SSSR count). The molecule has 1 aliphatic carbocycles. The van der Waals surface area contributed by atoms with E-state index in [0.29, 0.717) is 24.4 Å².